The summed E-state index contributed by atoms with van der Waals surface area (Å²) in [6.07, 6.45) is 2.17. The average molecular weight is 559 g/mol. The Morgan fingerprint density at radius 1 is 0.273 bits per heavy atom. The van der Waals surface area contributed by atoms with E-state index in [1.165, 1.54) is 88.0 Å². The third-order valence-electron chi connectivity index (χ3n) is 9.56. The summed E-state index contributed by atoms with van der Waals surface area (Å²) in [4.78, 5) is 0. The van der Waals surface area contributed by atoms with Crippen LogP contribution in [0.15, 0.2) is 158 Å². The van der Waals surface area contributed by atoms with Crippen molar-refractivity contribution in [3.63, 3.8) is 0 Å². The molecule has 8 aromatic carbocycles. The molecule has 206 valence electrons. The molecule has 8 aromatic rings. The van der Waals surface area contributed by atoms with Crippen LogP contribution in [-0.4, -0.2) is 0 Å². The summed E-state index contributed by atoms with van der Waals surface area (Å²) in [5, 5.41) is 7.82. The van der Waals surface area contributed by atoms with Crippen LogP contribution in [0, 0.1) is 0 Å². The second-order valence-corrected chi connectivity index (χ2v) is 11.9. The molecule has 0 saturated carbocycles. The summed E-state index contributed by atoms with van der Waals surface area (Å²) in [5.74, 6) is 0. The number of fused-ring (bicyclic) bond motifs is 7. The van der Waals surface area contributed by atoms with Crippen molar-refractivity contribution in [2.45, 2.75) is 12.8 Å². The van der Waals surface area contributed by atoms with Crippen molar-refractivity contribution in [2.75, 3.05) is 0 Å². The van der Waals surface area contributed by atoms with Gasteiger partial charge in [-0.3, -0.25) is 0 Å². The minimum atomic E-state index is 1.08. The number of hydrogen-bond donors (Lipinski definition) is 0. The van der Waals surface area contributed by atoms with Crippen molar-refractivity contribution in [3.05, 3.63) is 169 Å². The van der Waals surface area contributed by atoms with Gasteiger partial charge in [0.1, 0.15) is 0 Å². The predicted molar refractivity (Wildman–Crippen MR) is 188 cm³/mol. The van der Waals surface area contributed by atoms with Gasteiger partial charge in [-0.25, -0.2) is 0 Å². The molecule has 0 aliphatic heterocycles. The minimum Gasteiger partial charge on any atom is -0.0622 e. The lowest BCUT2D eigenvalue weighted by Crippen LogP contribution is -2.05. The zero-order chi connectivity index (χ0) is 29.0. The van der Waals surface area contributed by atoms with Crippen molar-refractivity contribution in [3.8, 4) is 44.5 Å². The van der Waals surface area contributed by atoms with Gasteiger partial charge in [0, 0.05) is 0 Å². The van der Waals surface area contributed by atoms with Gasteiger partial charge in [-0.05, 0) is 107 Å². The molecule has 0 radical (unpaired) electrons. The molecular formula is C44H30. The molecule has 1 aliphatic carbocycles. The van der Waals surface area contributed by atoms with Crippen molar-refractivity contribution in [2.24, 2.45) is 0 Å². The highest BCUT2D eigenvalue weighted by Crippen LogP contribution is 2.45. The fourth-order valence-corrected chi connectivity index (χ4v) is 7.61. The lowest BCUT2D eigenvalue weighted by molar-refractivity contribution is 0.945. The van der Waals surface area contributed by atoms with Crippen molar-refractivity contribution < 1.29 is 0 Å². The molecule has 0 N–H and O–H groups in total. The van der Waals surface area contributed by atoms with E-state index in [0.717, 1.165) is 12.8 Å². The fourth-order valence-electron chi connectivity index (χ4n) is 7.61. The zero-order valence-corrected chi connectivity index (χ0v) is 24.4. The van der Waals surface area contributed by atoms with Gasteiger partial charge < -0.3 is 0 Å². The van der Waals surface area contributed by atoms with Gasteiger partial charge in [-0.15, -0.1) is 0 Å². The lowest BCUT2D eigenvalue weighted by atomic mass is 9.80. The Morgan fingerprint density at radius 2 is 0.705 bits per heavy atom. The number of benzene rings is 8. The molecule has 0 heterocycles. The Hall–Kier alpha value is -5.46. The van der Waals surface area contributed by atoms with Crippen LogP contribution in [0.5, 0.6) is 0 Å². The highest BCUT2D eigenvalue weighted by molar-refractivity contribution is 6.21. The van der Waals surface area contributed by atoms with E-state index in [1.807, 2.05) is 0 Å². The second-order valence-electron chi connectivity index (χ2n) is 11.9. The molecular weight excluding hydrogens is 528 g/mol. The summed E-state index contributed by atoms with van der Waals surface area (Å²) >= 11 is 0. The van der Waals surface area contributed by atoms with E-state index in [2.05, 4.69) is 158 Å². The van der Waals surface area contributed by atoms with E-state index in [-0.39, 0.29) is 0 Å². The SMILES string of the molecule is c1ccc(-c2c3ccccc3c(-c3ccc(-c4cc5c(c6ccccc46)-c4ccccc4CC5)cc3)c3ccccc23)cc1. The third kappa shape index (κ3) is 3.85. The fraction of sp³-hybridized carbons (Fsp3) is 0.0455. The summed E-state index contributed by atoms with van der Waals surface area (Å²) in [5.41, 5.74) is 13.4. The quantitative estimate of drug-likeness (QED) is 0.189. The molecule has 44 heavy (non-hydrogen) atoms. The molecule has 0 atom stereocenters. The second kappa shape index (κ2) is 10.1. The summed E-state index contributed by atoms with van der Waals surface area (Å²) in [6, 6.07) is 58.3. The number of hydrogen-bond acceptors (Lipinski definition) is 0. The van der Waals surface area contributed by atoms with Crippen molar-refractivity contribution in [1.29, 1.82) is 0 Å². The van der Waals surface area contributed by atoms with Crippen LogP contribution in [0.25, 0.3) is 76.8 Å². The first-order chi connectivity index (χ1) is 21.8. The molecule has 0 spiro atoms. The van der Waals surface area contributed by atoms with Crippen LogP contribution < -0.4 is 0 Å². The Morgan fingerprint density at radius 3 is 1.32 bits per heavy atom. The molecule has 0 unspecified atom stereocenters. The van der Waals surface area contributed by atoms with Crippen LogP contribution in [0.2, 0.25) is 0 Å². The molecule has 9 rings (SSSR count). The normalized spacial score (nSPS) is 12.4. The van der Waals surface area contributed by atoms with Gasteiger partial charge in [0.2, 0.25) is 0 Å². The molecule has 0 bridgehead atoms. The molecule has 0 fully saturated rings. The van der Waals surface area contributed by atoms with Gasteiger partial charge in [-0.1, -0.05) is 152 Å². The van der Waals surface area contributed by atoms with E-state index in [1.54, 1.807) is 0 Å². The van der Waals surface area contributed by atoms with Gasteiger partial charge in [0.05, 0.1) is 0 Å². The summed E-state index contributed by atoms with van der Waals surface area (Å²) < 4.78 is 0. The van der Waals surface area contributed by atoms with E-state index in [4.69, 9.17) is 0 Å². The van der Waals surface area contributed by atoms with Crippen LogP contribution in [0.1, 0.15) is 11.1 Å². The minimum absolute atomic E-state index is 1.08. The van der Waals surface area contributed by atoms with E-state index < -0.39 is 0 Å². The molecule has 0 aromatic heterocycles. The monoisotopic (exact) mass is 558 g/mol. The van der Waals surface area contributed by atoms with Crippen molar-refractivity contribution in [1.82, 2.24) is 0 Å². The molecule has 1 aliphatic rings. The molecule has 0 saturated heterocycles. The highest BCUT2D eigenvalue weighted by Gasteiger charge is 2.21. The standard InChI is InChI=1S/C44H30/c1-2-13-31(14-3-1)42-37-18-8-10-20-39(37)43(40-21-11-9-19-38(40)42)32-25-22-30(23-26-32)41-28-33-27-24-29-12-4-5-15-34(29)44(33)36-17-7-6-16-35(36)41/h1-23,25-26,28H,24,27H2. The first kappa shape index (κ1) is 25.1. The smallest absolute Gasteiger partial charge is 0.00264 e. The Kier molecular flexibility index (Phi) is 5.74. The zero-order valence-electron chi connectivity index (χ0n) is 24.4. The summed E-state index contributed by atoms with van der Waals surface area (Å²) in [7, 11) is 0. The Balaban J connectivity index is 1.24. The Labute approximate surface area is 257 Å². The molecule has 0 heteroatoms. The first-order valence-corrected chi connectivity index (χ1v) is 15.6. The van der Waals surface area contributed by atoms with Crippen LogP contribution in [0.3, 0.4) is 0 Å². The van der Waals surface area contributed by atoms with Gasteiger partial charge in [-0.2, -0.15) is 0 Å². The predicted octanol–water partition coefficient (Wildman–Crippen LogP) is 11.9. The van der Waals surface area contributed by atoms with Crippen LogP contribution in [-0.2, 0) is 12.8 Å². The summed E-state index contributed by atoms with van der Waals surface area (Å²) in [6.45, 7) is 0. The van der Waals surface area contributed by atoms with Gasteiger partial charge in [0.15, 0.2) is 0 Å². The lowest BCUT2D eigenvalue weighted by Gasteiger charge is -2.23. The number of aryl methyl sites for hydroxylation is 2. The maximum absolute atomic E-state index is 2.46. The third-order valence-corrected chi connectivity index (χ3v) is 9.56. The van der Waals surface area contributed by atoms with E-state index in [9.17, 15) is 0 Å². The molecule has 0 amide bonds. The van der Waals surface area contributed by atoms with Gasteiger partial charge >= 0.3 is 0 Å². The van der Waals surface area contributed by atoms with E-state index >= 15 is 0 Å². The highest BCUT2D eigenvalue weighted by atomic mass is 14.2. The topological polar surface area (TPSA) is 0 Å². The van der Waals surface area contributed by atoms with Crippen molar-refractivity contribution >= 4 is 32.3 Å². The molecule has 0 nitrogen and oxygen atoms in total. The number of rotatable bonds is 3. The van der Waals surface area contributed by atoms with Crippen LogP contribution >= 0.6 is 0 Å². The van der Waals surface area contributed by atoms with Crippen LogP contribution in [0.4, 0.5) is 0 Å². The Bertz CT molecular complexity index is 2300. The van der Waals surface area contributed by atoms with E-state index in [0.29, 0.717) is 0 Å². The average Bonchev–Trinajstić information content (AvgIpc) is 3.10. The first-order valence-electron chi connectivity index (χ1n) is 15.6. The largest absolute Gasteiger partial charge is 0.0622 e. The maximum Gasteiger partial charge on any atom is -0.00264 e. The van der Waals surface area contributed by atoms with Gasteiger partial charge in [0.25, 0.3) is 0 Å². The maximum atomic E-state index is 2.46.